The number of nitrogens with zero attached hydrogens (tertiary/aromatic N) is 5. The van der Waals surface area contributed by atoms with Gasteiger partial charge in [-0.3, -0.25) is 9.69 Å². The first-order chi connectivity index (χ1) is 20.5. The number of rotatable bonds is 11. The quantitative estimate of drug-likeness (QED) is 0.275. The number of tetrazole rings is 1. The number of benzene rings is 3. The van der Waals surface area contributed by atoms with Crippen LogP contribution in [0.1, 0.15) is 54.1 Å². The Balaban J connectivity index is 1.27. The second-order valence-corrected chi connectivity index (χ2v) is 10.3. The van der Waals surface area contributed by atoms with Gasteiger partial charge in [0.2, 0.25) is 5.82 Å². The normalized spacial score (nSPS) is 17.0. The van der Waals surface area contributed by atoms with Crippen LogP contribution in [0.5, 0.6) is 17.2 Å². The molecule has 4 aromatic rings. The van der Waals surface area contributed by atoms with Crippen LogP contribution in [0.2, 0.25) is 0 Å². The van der Waals surface area contributed by atoms with Gasteiger partial charge in [0.05, 0.1) is 33.0 Å². The Morgan fingerprint density at radius 3 is 2.43 bits per heavy atom. The van der Waals surface area contributed by atoms with E-state index in [-0.39, 0.29) is 18.0 Å². The van der Waals surface area contributed by atoms with Crippen LogP contribution in [0.15, 0.2) is 66.7 Å². The van der Waals surface area contributed by atoms with Gasteiger partial charge in [-0.05, 0) is 93.0 Å². The lowest BCUT2D eigenvalue weighted by Crippen LogP contribution is -2.52. The number of aromatic nitrogens is 4. The summed E-state index contributed by atoms with van der Waals surface area (Å²) in [6.07, 6.45) is 1.86. The molecule has 0 saturated carbocycles. The number of piperidine rings is 1. The summed E-state index contributed by atoms with van der Waals surface area (Å²) >= 11 is 0. The topological polar surface area (TPSA) is 104 Å². The molecular weight excluding hydrogens is 532 g/mol. The van der Waals surface area contributed by atoms with E-state index in [0.717, 1.165) is 53.3 Å². The Hall–Kier alpha value is -4.44. The zero-order valence-corrected chi connectivity index (χ0v) is 24.6. The third-order valence-corrected chi connectivity index (χ3v) is 7.50. The van der Waals surface area contributed by atoms with Crippen molar-refractivity contribution in [2.75, 3.05) is 33.9 Å². The second kappa shape index (κ2) is 13.5. The molecule has 0 spiro atoms. The summed E-state index contributed by atoms with van der Waals surface area (Å²) in [6, 6.07) is 21.2. The molecule has 42 heavy (non-hydrogen) atoms. The SMILES string of the molecule is CCOc1ccc([C@@H]2CCCN(C)[C@@H]2NC(=O)c2ccc(-c3nnn(Cc4ccc(OC)cc4)n3)cc2)cc1OCC. The maximum Gasteiger partial charge on any atom is 0.252 e. The fraction of sp³-hybridized carbons (Fsp3) is 0.375. The summed E-state index contributed by atoms with van der Waals surface area (Å²) in [4.78, 5) is 17.2. The maximum absolute atomic E-state index is 13.4. The van der Waals surface area contributed by atoms with E-state index in [4.69, 9.17) is 14.2 Å². The van der Waals surface area contributed by atoms with Crippen molar-refractivity contribution in [1.82, 2.24) is 30.4 Å². The molecule has 0 bridgehead atoms. The number of hydrogen-bond donors (Lipinski definition) is 1. The molecule has 2 heterocycles. The zero-order chi connectivity index (χ0) is 29.5. The average Bonchev–Trinajstić information content (AvgIpc) is 3.48. The van der Waals surface area contributed by atoms with E-state index >= 15 is 0 Å². The number of likely N-dealkylation sites (tertiary alicyclic amines) is 1. The molecule has 1 saturated heterocycles. The van der Waals surface area contributed by atoms with Crippen LogP contribution in [0.3, 0.4) is 0 Å². The minimum absolute atomic E-state index is 0.117. The van der Waals surface area contributed by atoms with Gasteiger partial charge in [0.25, 0.3) is 5.91 Å². The summed E-state index contributed by atoms with van der Waals surface area (Å²) in [5.74, 6) is 2.77. The summed E-state index contributed by atoms with van der Waals surface area (Å²) in [5, 5.41) is 16.2. The smallest absolute Gasteiger partial charge is 0.252 e. The molecule has 1 aromatic heterocycles. The van der Waals surface area contributed by atoms with Gasteiger partial charge in [-0.1, -0.05) is 30.3 Å². The van der Waals surface area contributed by atoms with Crippen LogP contribution in [-0.4, -0.2) is 71.1 Å². The standard InChI is InChI=1S/C32H38N6O4/c1-5-41-28-18-15-25(20-29(28)42-6-2)27-8-7-19-37(3)31(27)33-32(39)24-13-11-23(12-14-24)30-34-36-38(35-30)21-22-9-16-26(40-4)17-10-22/h9-18,20,27,31H,5-8,19,21H2,1-4H3,(H,33,39)/t27-,31-/m0/s1. The van der Waals surface area contributed by atoms with Gasteiger partial charge in [-0.2, -0.15) is 4.80 Å². The van der Waals surface area contributed by atoms with E-state index < -0.39 is 0 Å². The predicted octanol–water partition coefficient (Wildman–Crippen LogP) is 4.76. The highest BCUT2D eigenvalue weighted by Crippen LogP contribution is 2.36. The first-order valence-electron chi connectivity index (χ1n) is 14.4. The van der Waals surface area contributed by atoms with E-state index in [1.165, 1.54) is 0 Å². The molecule has 0 aliphatic carbocycles. The molecule has 10 heteroatoms. The van der Waals surface area contributed by atoms with Gasteiger partial charge in [-0.25, -0.2) is 0 Å². The predicted molar refractivity (Wildman–Crippen MR) is 160 cm³/mol. The molecule has 0 radical (unpaired) electrons. The number of nitrogens with one attached hydrogen (secondary N) is 1. The van der Waals surface area contributed by atoms with Crippen molar-refractivity contribution in [3.05, 3.63) is 83.4 Å². The molecule has 1 N–H and O–H groups in total. The van der Waals surface area contributed by atoms with Gasteiger partial charge in [0.15, 0.2) is 11.5 Å². The zero-order valence-electron chi connectivity index (χ0n) is 24.6. The second-order valence-electron chi connectivity index (χ2n) is 10.3. The number of carbonyl (C=O) groups is 1. The lowest BCUT2D eigenvalue weighted by atomic mass is 9.87. The molecule has 220 valence electrons. The molecular formula is C32H38N6O4. The van der Waals surface area contributed by atoms with Crippen molar-refractivity contribution in [3.63, 3.8) is 0 Å². The van der Waals surface area contributed by atoms with Crippen molar-refractivity contribution < 1.29 is 19.0 Å². The highest BCUT2D eigenvalue weighted by molar-refractivity contribution is 5.94. The summed E-state index contributed by atoms with van der Waals surface area (Å²) in [5.41, 5.74) is 3.52. The minimum Gasteiger partial charge on any atom is -0.497 e. The van der Waals surface area contributed by atoms with Crippen LogP contribution in [0.25, 0.3) is 11.4 Å². The third kappa shape index (κ3) is 6.71. The molecule has 1 fully saturated rings. The third-order valence-electron chi connectivity index (χ3n) is 7.50. The number of ether oxygens (including phenoxy) is 3. The van der Waals surface area contributed by atoms with E-state index in [1.54, 1.807) is 24.0 Å². The molecule has 1 aliphatic heterocycles. The van der Waals surface area contributed by atoms with Crippen molar-refractivity contribution in [3.8, 4) is 28.6 Å². The van der Waals surface area contributed by atoms with Crippen LogP contribution in [0.4, 0.5) is 0 Å². The van der Waals surface area contributed by atoms with Gasteiger partial charge >= 0.3 is 0 Å². The first kappa shape index (κ1) is 29.1. The highest BCUT2D eigenvalue weighted by atomic mass is 16.5. The Bertz CT molecular complexity index is 1470. The monoisotopic (exact) mass is 570 g/mol. The Morgan fingerprint density at radius 2 is 1.71 bits per heavy atom. The van der Waals surface area contributed by atoms with E-state index in [2.05, 4.69) is 44.8 Å². The van der Waals surface area contributed by atoms with Gasteiger partial charge in [0.1, 0.15) is 5.75 Å². The van der Waals surface area contributed by atoms with Crippen LogP contribution >= 0.6 is 0 Å². The molecule has 1 amide bonds. The highest BCUT2D eigenvalue weighted by Gasteiger charge is 2.32. The van der Waals surface area contributed by atoms with E-state index in [0.29, 0.717) is 31.1 Å². The Morgan fingerprint density at radius 1 is 0.976 bits per heavy atom. The van der Waals surface area contributed by atoms with Crippen molar-refractivity contribution in [2.45, 2.75) is 45.3 Å². The Labute approximate surface area is 246 Å². The van der Waals surface area contributed by atoms with Crippen molar-refractivity contribution >= 4 is 5.91 Å². The first-order valence-corrected chi connectivity index (χ1v) is 14.4. The van der Waals surface area contributed by atoms with Crippen molar-refractivity contribution in [1.29, 1.82) is 0 Å². The minimum atomic E-state index is -0.155. The largest absolute Gasteiger partial charge is 0.497 e. The molecule has 10 nitrogen and oxygen atoms in total. The molecule has 5 rings (SSSR count). The molecule has 0 unspecified atom stereocenters. The summed E-state index contributed by atoms with van der Waals surface area (Å²) in [6.45, 7) is 6.45. The van der Waals surface area contributed by atoms with Gasteiger partial charge in [0, 0.05) is 17.0 Å². The molecule has 3 aromatic carbocycles. The number of hydrogen-bond acceptors (Lipinski definition) is 8. The maximum atomic E-state index is 13.4. The van der Waals surface area contributed by atoms with Gasteiger partial charge in [-0.15, -0.1) is 10.2 Å². The molecule has 2 atom stereocenters. The summed E-state index contributed by atoms with van der Waals surface area (Å²) in [7, 11) is 3.70. The van der Waals surface area contributed by atoms with Crippen LogP contribution < -0.4 is 19.5 Å². The molecule has 1 aliphatic rings. The number of likely N-dealkylation sites (N-methyl/N-ethyl adjacent to an activating group) is 1. The van der Waals surface area contributed by atoms with E-state index in [9.17, 15) is 4.79 Å². The van der Waals surface area contributed by atoms with Gasteiger partial charge < -0.3 is 19.5 Å². The number of amides is 1. The lowest BCUT2D eigenvalue weighted by Gasteiger charge is -2.40. The Kier molecular flexibility index (Phi) is 9.33. The lowest BCUT2D eigenvalue weighted by molar-refractivity contribution is 0.0786. The van der Waals surface area contributed by atoms with Crippen LogP contribution in [0, 0.1) is 0 Å². The fourth-order valence-electron chi connectivity index (χ4n) is 5.33. The number of carbonyl (C=O) groups excluding carboxylic acids is 1. The average molecular weight is 571 g/mol. The van der Waals surface area contributed by atoms with E-state index in [1.807, 2.05) is 56.3 Å². The van der Waals surface area contributed by atoms with Crippen molar-refractivity contribution in [2.24, 2.45) is 0 Å². The number of methoxy groups -OCH3 is 1. The van der Waals surface area contributed by atoms with Crippen LogP contribution in [-0.2, 0) is 6.54 Å². The fourth-order valence-corrected chi connectivity index (χ4v) is 5.33. The summed E-state index contributed by atoms with van der Waals surface area (Å²) < 4.78 is 16.8.